The number of nitrogens with two attached hydrogens (primary N) is 1. The standard InChI is InChI=1S/C17H15FN2O/c18-16-6-5-12(9-14(16)10-19)11-20-8-7-13-3-1-2-4-15(13)17(20)21/h1-9H,10-11,19H2. The van der Waals surface area contributed by atoms with Gasteiger partial charge < -0.3 is 10.3 Å². The molecular weight excluding hydrogens is 267 g/mol. The smallest absolute Gasteiger partial charge is 0.258 e. The van der Waals surface area contributed by atoms with E-state index in [-0.39, 0.29) is 17.9 Å². The number of hydrogen-bond donors (Lipinski definition) is 1. The molecule has 106 valence electrons. The van der Waals surface area contributed by atoms with Crippen LogP contribution < -0.4 is 11.3 Å². The van der Waals surface area contributed by atoms with Crippen LogP contribution in [0.5, 0.6) is 0 Å². The second kappa shape index (κ2) is 5.50. The van der Waals surface area contributed by atoms with Gasteiger partial charge in [0.25, 0.3) is 5.56 Å². The number of pyridine rings is 1. The van der Waals surface area contributed by atoms with Crippen molar-refractivity contribution < 1.29 is 4.39 Å². The highest BCUT2D eigenvalue weighted by Crippen LogP contribution is 2.12. The number of fused-ring (bicyclic) bond motifs is 1. The molecule has 0 aliphatic rings. The normalized spacial score (nSPS) is 11.0. The SMILES string of the molecule is NCc1cc(Cn2ccc3ccccc3c2=O)ccc1F. The van der Waals surface area contributed by atoms with Crippen molar-refractivity contribution in [2.45, 2.75) is 13.1 Å². The number of aromatic nitrogens is 1. The minimum atomic E-state index is -0.313. The molecule has 0 radical (unpaired) electrons. The van der Waals surface area contributed by atoms with E-state index in [0.717, 1.165) is 10.9 Å². The first-order chi connectivity index (χ1) is 10.2. The summed E-state index contributed by atoms with van der Waals surface area (Å²) in [5.41, 5.74) is 6.77. The second-order valence-corrected chi connectivity index (χ2v) is 4.97. The summed E-state index contributed by atoms with van der Waals surface area (Å²) in [5, 5.41) is 1.60. The van der Waals surface area contributed by atoms with Gasteiger partial charge in [-0.2, -0.15) is 0 Å². The fraction of sp³-hybridized carbons (Fsp3) is 0.118. The zero-order chi connectivity index (χ0) is 14.8. The highest BCUT2D eigenvalue weighted by Gasteiger charge is 2.05. The Morgan fingerprint density at radius 3 is 2.71 bits per heavy atom. The van der Waals surface area contributed by atoms with E-state index < -0.39 is 0 Å². The van der Waals surface area contributed by atoms with Gasteiger partial charge in [0.05, 0.1) is 6.54 Å². The lowest BCUT2D eigenvalue weighted by Gasteiger charge is -2.09. The lowest BCUT2D eigenvalue weighted by atomic mass is 10.1. The highest BCUT2D eigenvalue weighted by molar-refractivity contribution is 5.81. The molecule has 1 heterocycles. The van der Waals surface area contributed by atoms with Crippen molar-refractivity contribution in [3.05, 3.63) is 82.0 Å². The summed E-state index contributed by atoms with van der Waals surface area (Å²) in [4.78, 5) is 12.4. The van der Waals surface area contributed by atoms with Crippen molar-refractivity contribution in [2.75, 3.05) is 0 Å². The summed E-state index contributed by atoms with van der Waals surface area (Å²) < 4.78 is 15.1. The molecule has 0 aliphatic heterocycles. The lowest BCUT2D eigenvalue weighted by molar-refractivity contribution is 0.608. The topological polar surface area (TPSA) is 48.0 Å². The molecule has 0 unspecified atom stereocenters. The van der Waals surface area contributed by atoms with Crippen LogP contribution >= 0.6 is 0 Å². The summed E-state index contributed by atoms with van der Waals surface area (Å²) in [7, 11) is 0. The van der Waals surface area contributed by atoms with Gasteiger partial charge in [-0.25, -0.2) is 4.39 Å². The number of benzene rings is 2. The Hall–Kier alpha value is -2.46. The molecule has 3 rings (SSSR count). The Labute approximate surface area is 121 Å². The first kappa shape index (κ1) is 13.5. The number of rotatable bonds is 3. The Kier molecular flexibility index (Phi) is 3.54. The van der Waals surface area contributed by atoms with Gasteiger partial charge in [-0.15, -0.1) is 0 Å². The fourth-order valence-corrected chi connectivity index (χ4v) is 2.43. The van der Waals surface area contributed by atoms with Gasteiger partial charge in [0.2, 0.25) is 0 Å². The van der Waals surface area contributed by atoms with Crippen LogP contribution in [0.15, 0.2) is 59.5 Å². The van der Waals surface area contributed by atoms with E-state index in [4.69, 9.17) is 5.73 Å². The zero-order valence-electron chi connectivity index (χ0n) is 11.4. The Bertz CT molecular complexity index is 855. The largest absolute Gasteiger partial charge is 0.326 e. The molecule has 2 N–H and O–H groups in total. The summed E-state index contributed by atoms with van der Waals surface area (Å²) >= 11 is 0. The highest BCUT2D eigenvalue weighted by atomic mass is 19.1. The van der Waals surface area contributed by atoms with Crippen molar-refractivity contribution >= 4 is 10.8 Å². The maximum Gasteiger partial charge on any atom is 0.258 e. The summed E-state index contributed by atoms with van der Waals surface area (Å²) in [6, 6.07) is 14.1. The van der Waals surface area contributed by atoms with Crippen molar-refractivity contribution in [1.29, 1.82) is 0 Å². The average molecular weight is 282 g/mol. The molecule has 0 bridgehead atoms. The van der Waals surface area contributed by atoms with Gasteiger partial charge >= 0.3 is 0 Å². The maximum atomic E-state index is 13.4. The van der Waals surface area contributed by atoms with E-state index in [1.807, 2.05) is 30.3 Å². The van der Waals surface area contributed by atoms with Crippen molar-refractivity contribution in [1.82, 2.24) is 4.57 Å². The lowest BCUT2D eigenvalue weighted by Crippen LogP contribution is -2.20. The van der Waals surface area contributed by atoms with Crippen molar-refractivity contribution in [3.63, 3.8) is 0 Å². The molecule has 3 nitrogen and oxygen atoms in total. The van der Waals surface area contributed by atoms with Crippen LogP contribution in [-0.4, -0.2) is 4.57 Å². The molecule has 1 aromatic heterocycles. The molecule has 0 spiro atoms. The van der Waals surface area contributed by atoms with Crippen LogP contribution in [0, 0.1) is 5.82 Å². The fourth-order valence-electron chi connectivity index (χ4n) is 2.43. The molecule has 2 aromatic carbocycles. The van der Waals surface area contributed by atoms with Gasteiger partial charge in [0.1, 0.15) is 5.82 Å². The van der Waals surface area contributed by atoms with Crippen LogP contribution in [0.4, 0.5) is 4.39 Å². The summed E-state index contributed by atoms with van der Waals surface area (Å²) in [5.74, 6) is -0.313. The molecule has 3 aromatic rings. The van der Waals surface area contributed by atoms with Crippen molar-refractivity contribution in [2.24, 2.45) is 5.73 Å². The minimum Gasteiger partial charge on any atom is -0.326 e. The van der Waals surface area contributed by atoms with Gasteiger partial charge in [0.15, 0.2) is 0 Å². The quantitative estimate of drug-likeness (QED) is 0.803. The number of hydrogen-bond acceptors (Lipinski definition) is 2. The molecule has 4 heteroatoms. The van der Waals surface area contributed by atoms with E-state index >= 15 is 0 Å². The van der Waals surface area contributed by atoms with E-state index in [9.17, 15) is 9.18 Å². The third kappa shape index (κ3) is 2.58. The van der Waals surface area contributed by atoms with E-state index in [2.05, 4.69) is 0 Å². The van der Waals surface area contributed by atoms with Gasteiger partial charge in [-0.3, -0.25) is 4.79 Å². The number of halogens is 1. The van der Waals surface area contributed by atoms with E-state index in [1.165, 1.54) is 6.07 Å². The van der Waals surface area contributed by atoms with Gasteiger partial charge in [-0.05, 0) is 35.2 Å². The Morgan fingerprint density at radius 1 is 1.10 bits per heavy atom. The van der Waals surface area contributed by atoms with Gasteiger partial charge in [0, 0.05) is 23.7 Å². The predicted molar refractivity (Wildman–Crippen MR) is 81.6 cm³/mol. The van der Waals surface area contributed by atoms with E-state index in [0.29, 0.717) is 17.5 Å². The second-order valence-electron chi connectivity index (χ2n) is 4.97. The minimum absolute atomic E-state index is 0.0493. The van der Waals surface area contributed by atoms with Gasteiger partial charge in [-0.1, -0.05) is 24.3 Å². The molecule has 0 fully saturated rings. The molecule has 0 amide bonds. The first-order valence-electron chi connectivity index (χ1n) is 6.74. The predicted octanol–water partition coefficient (Wildman–Crippen LogP) is 2.65. The third-order valence-electron chi connectivity index (χ3n) is 3.57. The molecule has 0 saturated heterocycles. The van der Waals surface area contributed by atoms with E-state index in [1.54, 1.807) is 22.9 Å². The monoisotopic (exact) mass is 282 g/mol. The van der Waals surface area contributed by atoms with Crippen molar-refractivity contribution in [3.8, 4) is 0 Å². The van der Waals surface area contributed by atoms with Crippen LogP contribution in [-0.2, 0) is 13.1 Å². The Morgan fingerprint density at radius 2 is 1.90 bits per heavy atom. The molecule has 0 saturated carbocycles. The number of nitrogens with zero attached hydrogens (tertiary/aromatic N) is 1. The zero-order valence-corrected chi connectivity index (χ0v) is 11.4. The average Bonchev–Trinajstić information content (AvgIpc) is 2.52. The third-order valence-corrected chi connectivity index (χ3v) is 3.57. The van der Waals surface area contributed by atoms with Crippen LogP contribution in [0.3, 0.4) is 0 Å². The Balaban J connectivity index is 2.02. The molecule has 21 heavy (non-hydrogen) atoms. The van der Waals surface area contributed by atoms with Crippen LogP contribution in [0.25, 0.3) is 10.8 Å². The summed E-state index contributed by atoms with van der Waals surface area (Å²) in [6.07, 6.45) is 1.76. The van der Waals surface area contributed by atoms with Crippen LogP contribution in [0.2, 0.25) is 0 Å². The first-order valence-corrected chi connectivity index (χ1v) is 6.74. The molecule has 0 aliphatic carbocycles. The maximum absolute atomic E-state index is 13.4. The molecular formula is C17H15FN2O. The molecule has 0 atom stereocenters. The van der Waals surface area contributed by atoms with Crippen LogP contribution in [0.1, 0.15) is 11.1 Å². The summed E-state index contributed by atoms with van der Waals surface area (Å²) in [6.45, 7) is 0.545.